The smallest absolute Gasteiger partial charge is 0.321 e. The number of halogens is 1. The van der Waals surface area contributed by atoms with E-state index in [-0.39, 0.29) is 11.6 Å². The van der Waals surface area contributed by atoms with Crippen molar-refractivity contribution in [1.82, 2.24) is 30.0 Å². The van der Waals surface area contributed by atoms with E-state index < -0.39 is 11.8 Å². The number of benzene rings is 1. The molecular weight excluding hydrogens is 389 g/mol. The maximum Gasteiger partial charge on any atom is 0.321 e. The summed E-state index contributed by atoms with van der Waals surface area (Å²) in [5.41, 5.74) is 1.93. The molecule has 1 aromatic carbocycles. The fourth-order valence-corrected chi connectivity index (χ4v) is 3.08. The van der Waals surface area contributed by atoms with Crippen molar-refractivity contribution in [3.63, 3.8) is 0 Å². The number of fused-ring (bicyclic) bond motifs is 1. The first-order chi connectivity index (χ1) is 14.6. The van der Waals surface area contributed by atoms with Gasteiger partial charge in [-0.2, -0.15) is 5.10 Å². The molecule has 154 valence electrons. The molecule has 3 aromatic heterocycles. The van der Waals surface area contributed by atoms with Gasteiger partial charge < -0.3 is 15.0 Å². The molecule has 0 unspecified atom stereocenters. The molecule has 2 amide bonds. The number of aromatic amines is 1. The van der Waals surface area contributed by atoms with Crippen molar-refractivity contribution in [1.29, 1.82) is 0 Å². The zero-order valence-corrected chi connectivity index (χ0v) is 16.4. The van der Waals surface area contributed by atoms with Crippen LogP contribution in [-0.4, -0.2) is 43.9 Å². The molecule has 0 saturated carbocycles. The molecule has 4 aromatic rings. The number of amides is 2. The van der Waals surface area contributed by atoms with Gasteiger partial charge in [-0.1, -0.05) is 0 Å². The highest BCUT2D eigenvalue weighted by Gasteiger charge is 2.21. The van der Waals surface area contributed by atoms with Crippen LogP contribution < -0.4 is 15.4 Å². The average Bonchev–Trinajstić information content (AvgIpc) is 3.38. The average molecular weight is 409 g/mol. The van der Waals surface area contributed by atoms with Gasteiger partial charge in [0.2, 0.25) is 11.8 Å². The maximum absolute atomic E-state index is 15.6. The summed E-state index contributed by atoms with van der Waals surface area (Å²) in [5, 5.41) is 9.39. The number of carbonyl (C=O) groups excluding carboxylic acids is 1. The number of aromatic nitrogens is 5. The van der Waals surface area contributed by atoms with E-state index in [1.54, 1.807) is 49.8 Å². The Morgan fingerprint density at radius 3 is 2.87 bits per heavy atom. The number of nitrogens with zero attached hydrogens (tertiary/aromatic N) is 4. The quantitative estimate of drug-likeness (QED) is 0.452. The summed E-state index contributed by atoms with van der Waals surface area (Å²) in [6.45, 7) is 4.63. The van der Waals surface area contributed by atoms with Crippen LogP contribution in [0.5, 0.6) is 5.88 Å². The van der Waals surface area contributed by atoms with E-state index in [0.29, 0.717) is 41.2 Å². The number of anilines is 1. The van der Waals surface area contributed by atoms with Crippen LogP contribution in [0.3, 0.4) is 0 Å². The number of rotatable bonds is 6. The van der Waals surface area contributed by atoms with Crippen LogP contribution in [0.1, 0.15) is 13.8 Å². The molecule has 0 aliphatic carbocycles. The third-order valence-electron chi connectivity index (χ3n) is 4.33. The van der Waals surface area contributed by atoms with Crippen LogP contribution in [0.15, 0.2) is 42.9 Å². The first kappa shape index (κ1) is 19.4. The molecule has 0 fully saturated rings. The molecule has 0 radical (unpaired) electrons. The number of carbonyl (C=O) groups is 1. The molecule has 3 heterocycles. The first-order valence-corrected chi connectivity index (χ1v) is 9.47. The second kappa shape index (κ2) is 8.19. The van der Waals surface area contributed by atoms with Gasteiger partial charge in [0.1, 0.15) is 11.2 Å². The maximum atomic E-state index is 15.6. The molecule has 3 N–H and O–H groups in total. The number of pyridine rings is 1. The Kier molecular flexibility index (Phi) is 5.29. The van der Waals surface area contributed by atoms with Gasteiger partial charge >= 0.3 is 6.03 Å². The second-order valence-electron chi connectivity index (χ2n) is 6.32. The molecule has 0 saturated heterocycles. The van der Waals surface area contributed by atoms with E-state index in [0.717, 1.165) is 0 Å². The molecule has 4 rings (SSSR count). The zero-order valence-electron chi connectivity index (χ0n) is 16.4. The van der Waals surface area contributed by atoms with Gasteiger partial charge in [0.15, 0.2) is 5.82 Å². The van der Waals surface area contributed by atoms with Crippen LogP contribution in [0.25, 0.3) is 27.8 Å². The van der Waals surface area contributed by atoms with Gasteiger partial charge in [0.25, 0.3) is 0 Å². The van der Waals surface area contributed by atoms with Crippen molar-refractivity contribution < 1.29 is 13.9 Å². The summed E-state index contributed by atoms with van der Waals surface area (Å²) in [7, 11) is 0. The predicted molar refractivity (Wildman–Crippen MR) is 110 cm³/mol. The number of H-pyrrole nitrogens is 1. The molecule has 0 aliphatic rings. The molecule has 9 nitrogen and oxygen atoms in total. The van der Waals surface area contributed by atoms with E-state index in [1.807, 2.05) is 6.92 Å². The highest BCUT2D eigenvalue weighted by Crippen LogP contribution is 2.33. The lowest BCUT2D eigenvalue weighted by molar-refractivity contribution is 0.252. The van der Waals surface area contributed by atoms with Crippen molar-refractivity contribution in [3.8, 4) is 22.7 Å². The lowest BCUT2D eigenvalue weighted by atomic mass is 10.0. The van der Waals surface area contributed by atoms with Gasteiger partial charge in [-0.3, -0.25) is 5.32 Å². The van der Waals surface area contributed by atoms with Gasteiger partial charge in [0, 0.05) is 42.3 Å². The summed E-state index contributed by atoms with van der Waals surface area (Å²) < 4.78 is 22.4. The van der Waals surface area contributed by atoms with Crippen LogP contribution in [0.2, 0.25) is 0 Å². The Bertz CT molecular complexity index is 1170. The molecule has 10 heteroatoms. The van der Waals surface area contributed by atoms with E-state index >= 15 is 4.39 Å². The van der Waals surface area contributed by atoms with Crippen molar-refractivity contribution in [2.75, 3.05) is 18.5 Å². The van der Waals surface area contributed by atoms with Crippen molar-refractivity contribution in [2.24, 2.45) is 0 Å². The van der Waals surface area contributed by atoms with E-state index in [1.165, 1.54) is 4.68 Å². The summed E-state index contributed by atoms with van der Waals surface area (Å²) in [6.07, 6.45) is 4.73. The second-order valence-corrected chi connectivity index (χ2v) is 6.32. The number of hydrogen-bond donors (Lipinski definition) is 3. The molecule has 0 atom stereocenters. The highest BCUT2D eigenvalue weighted by molar-refractivity contribution is 5.94. The predicted octanol–water partition coefficient (Wildman–Crippen LogP) is 3.49. The van der Waals surface area contributed by atoms with Crippen LogP contribution in [-0.2, 0) is 0 Å². The monoisotopic (exact) mass is 409 g/mol. The number of nitrogens with one attached hydrogen (secondary N) is 3. The summed E-state index contributed by atoms with van der Waals surface area (Å²) in [4.78, 5) is 23.5. The summed E-state index contributed by atoms with van der Waals surface area (Å²) in [6, 6.07) is 6.33. The Labute approximate surface area is 171 Å². The van der Waals surface area contributed by atoms with Crippen LogP contribution in [0.4, 0.5) is 15.1 Å². The van der Waals surface area contributed by atoms with Crippen molar-refractivity contribution in [2.45, 2.75) is 13.8 Å². The number of ether oxygens (including phenoxy) is 1. The lowest BCUT2D eigenvalue weighted by Gasteiger charge is -2.10. The van der Waals surface area contributed by atoms with E-state index in [2.05, 4.69) is 30.7 Å². The molecule has 0 spiro atoms. The Morgan fingerprint density at radius 2 is 2.20 bits per heavy atom. The number of hydrogen-bond acceptors (Lipinski definition) is 5. The topological polar surface area (TPSA) is 110 Å². The first-order valence-electron chi connectivity index (χ1n) is 9.47. The largest absolute Gasteiger partial charge is 0.478 e. The Hall–Kier alpha value is -3.95. The zero-order chi connectivity index (χ0) is 21.1. The molecular formula is C20H20FN7O2. The normalized spacial score (nSPS) is 10.9. The van der Waals surface area contributed by atoms with Crippen molar-refractivity contribution >= 4 is 23.0 Å². The highest BCUT2D eigenvalue weighted by atomic mass is 19.1. The number of imidazole rings is 1. The van der Waals surface area contributed by atoms with Crippen LogP contribution >= 0.6 is 0 Å². The summed E-state index contributed by atoms with van der Waals surface area (Å²) >= 11 is 0. The van der Waals surface area contributed by atoms with Gasteiger partial charge in [-0.15, -0.1) is 0 Å². The van der Waals surface area contributed by atoms with Crippen molar-refractivity contribution in [3.05, 3.63) is 48.7 Å². The van der Waals surface area contributed by atoms with E-state index in [4.69, 9.17) is 4.74 Å². The Balaban J connectivity index is 1.85. The third-order valence-corrected chi connectivity index (χ3v) is 4.33. The molecule has 30 heavy (non-hydrogen) atoms. The Morgan fingerprint density at radius 1 is 1.33 bits per heavy atom. The minimum absolute atomic E-state index is 0.168. The minimum Gasteiger partial charge on any atom is -0.478 e. The third kappa shape index (κ3) is 3.66. The summed E-state index contributed by atoms with van der Waals surface area (Å²) in [5.74, 6) is 0.156. The minimum atomic E-state index is -0.506. The van der Waals surface area contributed by atoms with Gasteiger partial charge in [-0.05, 0) is 32.0 Å². The molecule has 0 bridgehead atoms. The molecule has 0 aliphatic heterocycles. The SMILES string of the molecule is CCNC(=O)Nc1nc2c(-n3cccn3)c(F)c(-c3ccc(OCC)nc3)cc2[nH]1. The van der Waals surface area contributed by atoms with E-state index in [9.17, 15) is 4.79 Å². The fraction of sp³-hybridized carbons (Fsp3) is 0.200. The lowest BCUT2D eigenvalue weighted by Crippen LogP contribution is -2.28. The van der Waals surface area contributed by atoms with Gasteiger partial charge in [-0.25, -0.2) is 23.8 Å². The van der Waals surface area contributed by atoms with Crippen LogP contribution in [0, 0.1) is 5.82 Å². The fourth-order valence-electron chi connectivity index (χ4n) is 3.08. The number of urea groups is 1. The van der Waals surface area contributed by atoms with Gasteiger partial charge in [0.05, 0.1) is 12.1 Å². The standard InChI is InChI=1S/C20H20FN7O2/c1-3-22-20(29)27-19-25-14-10-13(12-6-7-15(23-11-12)30-4-2)16(21)18(17(14)26-19)28-9-5-8-24-28/h5-11H,3-4H2,1-2H3,(H3,22,25,26,27,29).